The molecule has 0 saturated carbocycles. The summed E-state index contributed by atoms with van der Waals surface area (Å²) >= 11 is 0. The molecule has 1 aliphatic heterocycles. The highest BCUT2D eigenvalue weighted by molar-refractivity contribution is 7.91. The van der Waals surface area contributed by atoms with Gasteiger partial charge in [0, 0.05) is 6.54 Å². The van der Waals surface area contributed by atoms with Gasteiger partial charge in [-0.25, -0.2) is 8.42 Å². The van der Waals surface area contributed by atoms with Crippen molar-refractivity contribution in [2.45, 2.75) is 16.9 Å². The van der Waals surface area contributed by atoms with Crippen LogP contribution in [0.1, 0.15) is 6.42 Å². The fraction of sp³-hybridized carbons (Fsp3) is 0.364. The Morgan fingerprint density at radius 3 is 2.88 bits per heavy atom. The molecule has 1 fully saturated rings. The van der Waals surface area contributed by atoms with Crippen LogP contribution in [0.3, 0.4) is 0 Å². The highest BCUT2D eigenvalue weighted by Crippen LogP contribution is 2.23. The Morgan fingerprint density at radius 2 is 2.18 bits per heavy atom. The lowest BCUT2D eigenvalue weighted by Gasteiger charge is -2.05. The summed E-state index contributed by atoms with van der Waals surface area (Å²) in [5.41, 5.74) is 1.09. The van der Waals surface area contributed by atoms with Crippen LogP contribution in [-0.2, 0) is 9.84 Å². The lowest BCUT2D eigenvalue weighted by molar-refractivity contribution is 0.454. The third-order valence-corrected chi connectivity index (χ3v) is 4.91. The number of benzene rings is 1. The Bertz CT molecular complexity index is 609. The van der Waals surface area contributed by atoms with Crippen LogP contribution in [-0.4, -0.2) is 31.7 Å². The van der Waals surface area contributed by atoms with Crippen LogP contribution in [0, 0.1) is 0 Å². The van der Waals surface area contributed by atoms with Gasteiger partial charge in [0.15, 0.2) is 5.58 Å². The fourth-order valence-corrected chi connectivity index (χ4v) is 3.49. The molecule has 1 N–H and O–H groups in total. The monoisotopic (exact) mass is 252 g/mol. The van der Waals surface area contributed by atoms with E-state index < -0.39 is 15.1 Å². The lowest BCUT2D eigenvalue weighted by Crippen LogP contribution is -2.24. The molecule has 1 aromatic carbocycles. The minimum atomic E-state index is -3.44. The molecule has 0 aliphatic carbocycles. The Labute approximate surface area is 98.8 Å². The first kappa shape index (κ1) is 10.7. The van der Waals surface area contributed by atoms with Crippen molar-refractivity contribution in [3.63, 3.8) is 0 Å². The van der Waals surface area contributed by atoms with Gasteiger partial charge in [0.1, 0.15) is 5.52 Å². The number of fused-ring (bicyclic) bond motifs is 1. The number of sulfone groups is 1. The van der Waals surface area contributed by atoms with Crippen molar-refractivity contribution < 1.29 is 12.8 Å². The first-order chi connectivity index (χ1) is 8.18. The lowest BCUT2D eigenvalue weighted by atomic mass is 10.3. The molecule has 5 nitrogen and oxygen atoms in total. The zero-order chi connectivity index (χ0) is 11.9. The van der Waals surface area contributed by atoms with Crippen LogP contribution in [0.5, 0.6) is 0 Å². The maximum atomic E-state index is 12.2. The van der Waals surface area contributed by atoms with Gasteiger partial charge in [0.2, 0.25) is 9.84 Å². The van der Waals surface area contributed by atoms with Crippen molar-refractivity contribution in [3.8, 4) is 0 Å². The van der Waals surface area contributed by atoms with Gasteiger partial charge >= 0.3 is 5.22 Å². The largest absolute Gasteiger partial charge is 0.428 e. The number of hydrogen-bond acceptors (Lipinski definition) is 5. The molecule has 1 aromatic heterocycles. The van der Waals surface area contributed by atoms with E-state index in [0.29, 0.717) is 24.1 Å². The van der Waals surface area contributed by atoms with Gasteiger partial charge in [-0.3, -0.25) is 0 Å². The Morgan fingerprint density at radius 1 is 1.35 bits per heavy atom. The molecule has 0 unspecified atom stereocenters. The van der Waals surface area contributed by atoms with E-state index in [1.165, 1.54) is 0 Å². The topological polar surface area (TPSA) is 72.2 Å². The maximum Gasteiger partial charge on any atom is 0.316 e. The first-order valence-electron chi connectivity index (χ1n) is 5.48. The van der Waals surface area contributed by atoms with E-state index in [1.54, 1.807) is 24.3 Å². The van der Waals surface area contributed by atoms with Gasteiger partial charge < -0.3 is 9.73 Å². The average Bonchev–Trinajstić information content (AvgIpc) is 2.98. The summed E-state index contributed by atoms with van der Waals surface area (Å²) in [5.74, 6) is 0. The van der Waals surface area contributed by atoms with Gasteiger partial charge in [-0.15, -0.1) is 0 Å². The highest BCUT2D eigenvalue weighted by Gasteiger charge is 2.34. The Balaban J connectivity index is 2.08. The average molecular weight is 252 g/mol. The van der Waals surface area contributed by atoms with Crippen LogP contribution >= 0.6 is 0 Å². The molecule has 0 bridgehead atoms. The summed E-state index contributed by atoms with van der Waals surface area (Å²) in [6.45, 7) is 1.20. The SMILES string of the molecule is O=S(=O)(c1nc2ccccc2o1)[C@@H]1CCNC1. The second kappa shape index (κ2) is 3.82. The number of nitrogens with one attached hydrogen (secondary N) is 1. The molecule has 2 aromatic rings. The number of hydrogen-bond donors (Lipinski definition) is 1. The van der Waals surface area contributed by atoms with Gasteiger partial charge in [0.25, 0.3) is 0 Å². The van der Waals surface area contributed by atoms with Crippen molar-refractivity contribution in [1.29, 1.82) is 0 Å². The van der Waals surface area contributed by atoms with E-state index in [-0.39, 0.29) is 5.22 Å². The second-order valence-electron chi connectivity index (χ2n) is 4.11. The van der Waals surface area contributed by atoms with E-state index >= 15 is 0 Å². The number of rotatable bonds is 2. The van der Waals surface area contributed by atoms with E-state index in [4.69, 9.17) is 4.42 Å². The zero-order valence-corrected chi connectivity index (χ0v) is 9.90. The molecule has 2 heterocycles. The molecule has 6 heteroatoms. The Hall–Kier alpha value is -1.40. The molecule has 0 radical (unpaired) electrons. The quantitative estimate of drug-likeness (QED) is 0.862. The number of aromatic nitrogens is 1. The van der Waals surface area contributed by atoms with Gasteiger partial charge in [0.05, 0.1) is 5.25 Å². The van der Waals surface area contributed by atoms with Gasteiger partial charge in [-0.1, -0.05) is 12.1 Å². The summed E-state index contributed by atoms with van der Waals surface area (Å²) in [4.78, 5) is 4.05. The van der Waals surface area contributed by atoms with Gasteiger partial charge in [-0.05, 0) is 25.1 Å². The van der Waals surface area contributed by atoms with Gasteiger partial charge in [-0.2, -0.15) is 4.98 Å². The molecule has 17 heavy (non-hydrogen) atoms. The summed E-state index contributed by atoms with van der Waals surface area (Å²) in [5, 5.41) is 2.45. The summed E-state index contributed by atoms with van der Waals surface area (Å²) < 4.78 is 29.7. The van der Waals surface area contributed by atoms with E-state index in [0.717, 1.165) is 6.54 Å². The number of para-hydroxylation sites is 2. The van der Waals surface area contributed by atoms with E-state index in [2.05, 4.69) is 10.3 Å². The molecule has 0 amide bonds. The molecular formula is C11H12N2O3S. The second-order valence-corrected chi connectivity index (χ2v) is 6.21. The summed E-state index contributed by atoms with van der Waals surface area (Å²) in [6, 6.07) is 7.05. The smallest absolute Gasteiger partial charge is 0.316 e. The molecule has 3 rings (SSSR count). The predicted octanol–water partition coefficient (Wildman–Crippen LogP) is 0.963. The van der Waals surface area contributed by atoms with Crippen LogP contribution in [0.25, 0.3) is 11.1 Å². The van der Waals surface area contributed by atoms with E-state index in [1.807, 2.05) is 0 Å². The molecular weight excluding hydrogens is 240 g/mol. The summed E-state index contributed by atoms with van der Waals surface area (Å²) in [7, 11) is -3.44. The molecule has 1 saturated heterocycles. The van der Waals surface area contributed by atoms with Crippen molar-refractivity contribution >= 4 is 20.9 Å². The zero-order valence-electron chi connectivity index (χ0n) is 9.09. The third kappa shape index (κ3) is 1.73. The van der Waals surface area contributed by atoms with Crippen LogP contribution in [0.4, 0.5) is 0 Å². The normalized spacial score (nSPS) is 21.1. The predicted molar refractivity (Wildman–Crippen MR) is 62.5 cm³/mol. The standard InChI is InChI=1S/C11H12N2O3S/c14-17(15,8-5-6-12-7-8)11-13-9-3-1-2-4-10(9)16-11/h1-4,8,12H,5-7H2/t8-/m1/s1. The van der Waals surface area contributed by atoms with Crippen LogP contribution in [0.15, 0.2) is 33.9 Å². The van der Waals surface area contributed by atoms with Crippen molar-refractivity contribution in [2.24, 2.45) is 0 Å². The van der Waals surface area contributed by atoms with Crippen LogP contribution in [0.2, 0.25) is 0 Å². The molecule has 1 atom stereocenters. The number of nitrogens with zero attached hydrogens (tertiary/aromatic N) is 1. The fourth-order valence-electron chi connectivity index (χ4n) is 2.01. The van der Waals surface area contributed by atoms with Crippen molar-refractivity contribution in [2.75, 3.05) is 13.1 Å². The third-order valence-electron chi connectivity index (χ3n) is 2.97. The first-order valence-corrected chi connectivity index (χ1v) is 7.03. The van der Waals surface area contributed by atoms with E-state index in [9.17, 15) is 8.42 Å². The molecule has 90 valence electrons. The minimum Gasteiger partial charge on any atom is -0.428 e. The summed E-state index contributed by atoms with van der Waals surface area (Å²) in [6.07, 6.45) is 0.612. The van der Waals surface area contributed by atoms with Crippen molar-refractivity contribution in [3.05, 3.63) is 24.3 Å². The molecule has 1 aliphatic rings. The van der Waals surface area contributed by atoms with Crippen LogP contribution < -0.4 is 5.32 Å². The minimum absolute atomic E-state index is 0.160. The van der Waals surface area contributed by atoms with Crippen molar-refractivity contribution in [1.82, 2.24) is 10.3 Å². The highest BCUT2D eigenvalue weighted by atomic mass is 32.2. The number of oxazole rings is 1. The molecule has 0 spiro atoms. The maximum absolute atomic E-state index is 12.2. The Kier molecular flexibility index (Phi) is 2.41.